The average molecular weight is 325 g/mol. The predicted octanol–water partition coefficient (Wildman–Crippen LogP) is 2.20. The molecule has 2 aromatic rings. The number of hydrogen-bond donors (Lipinski definition) is 1. The van der Waals surface area contributed by atoms with Crippen LogP contribution in [0.3, 0.4) is 0 Å². The Morgan fingerprint density at radius 1 is 1.50 bits per heavy atom. The van der Waals surface area contributed by atoms with Crippen LogP contribution in [0, 0.1) is 0 Å². The van der Waals surface area contributed by atoms with Gasteiger partial charge in [0.1, 0.15) is 0 Å². The first-order valence-corrected chi connectivity index (χ1v) is 7.35. The van der Waals surface area contributed by atoms with Crippen LogP contribution in [0.2, 0.25) is 0 Å². The van der Waals surface area contributed by atoms with Gasteiger partial charge in [0.25, 0.3) is 11.6 Å². The lowest BCUT2D eigenvalue weighted by Crippen LogP contribution is -2.52. The van der Waals surface area contributed by atoms with Crippen molar-refractivity contribution in [3.63, 3.8) is 0 Å². The van der Waals surface area contributed by atoms with Gasteiger partial charge in [0.15, 0.2) is 0 Å². The number of halogens is 1. The molecule has 0 spiro atoms. The zero-order valence-corrected chi connectivity index (χ0v) is 13.8. The molecule has 3 rings (SSSR count). The molecule has 0 aromatic carbocycles. The molecular formula is C15H21ClN4O2. The van der Waals surface area contributed by atoms with Crippen molar-refractivity contribution in [3.05, 3.63) is 23.5 Å². The minimum absolute atomic E-state index is 0. The third-order valence-electron chi connectivity index (χ3n) is 3.91. The predicted molar refractivity (Wildman–Crippen MR) is 86.5 cm³/mol. The molecule has 0 aliphatic carbocycles. The van der Waals surface area contributed by atoms with Gasteiger partial charge in [-0.3, -0.25) is 4.79 Å². The van der Waals surface area contributed by atoms with E-state index in [2.05, 4.69) is 22.4 Å². The van der Waals surface area contributed by atoms with Gasteiger partial charge in [0.2, 0.25) is 0 Å². The number of carbonyl (C=O) groups is 1. The lowest BCUT2D eigenvalue weighted by atomic mass is 10.1. The first-order chi connectivity index (χ1) is 10.1. The van der Waals surface area contributed by atoms with Gasteiger partial charge in [-0.2, -0.15) is 0 Å². The van der Waals surface area contributed by atoms with Crippen molar-refractivity contribution in [2.45, 2.75) is 32.7 Å². The Kier molecular flexibility index (Phi) is 5.03. The molecule has 1 amide bonds. The van der Waals surface area contributed by atoms with Crippen molar-refractivity contribution in [2.24, 2.45) is 0 Å². The van der Waals surface area contributed by atoms with Crippen LogP contribution in [-0.2, 0) is 0 Å². The second-order valence-electron chi connectivity index (χ2n) is 5.85. The first-order valence-electron chi connectivity index (χ1n) is 7.35. The van der Waals surface area contributed by atoms with Crippen LogP contribution < -0.4 is 5.32 Å². The number of carbonyl (C=O) groups excluding carboxylic acids is 1. The highest BCUT2D eigenvalue weighted by molar-refractivity contribution is 5.97. The summed E-state index contributed by atoms with van der Waals surface area (Å²) in [5, 5.41) is 8.17. The SMILES string of the molecule is CC(C)c1noc2ncc(C(=O)N3CCNC[C@H]3C)cc12.Cl. The fourth-order valence-electron chi connectivity index (χ4n) is 2.69. The molecule has 1 N–H and O–H groups in total. The lowest BCUT2D eigenvalue weighted by molar-refractivity contribution is 0.0655. The summed E-state index contributed by atoms with van der Waals surface area (Å²) in [6, 6.07) is 2.04. The molecule has 7 heteroatoms. The number of aromatic nitrogens is 2. The van der Waals surface area contributed by atoms with E-state index < -0.39 is 0 Å². The molecule has 1 aliphatic heterocycles. The van der Waals surface area contributed by atoms with Crippen LogP contribution in [-0.4, -0.2) is 46.6 Å². The molecule has 0 saturated carbocycles. The van der Waals surface area contributed by atoms with Crippen molar-refractivity contribution >= 4 is 29.4 Å². The zero-order chi connectivity index (χ0) is 15.0. The maximum Gasteiger partial charge on any atom is 0.257 e. The lowest BCUT2D eigenvalue weighted by Gasteiger charge is -2.33. The molecule has 1 atom stereocenters. The number of amides is 1. The number of fused-ring (bicyclic) bond motifs is 1. The van der Waals surface area contributed by atoms with Crippen molar-refractivity contribution in [3.8, 4) is 0 Å². The Morgan fingerprint density at radius 2 is 2.27 bits per heavy atom. The van der Waals surface area contributed by atoms with Crippen molar-refractivity contribution in [1.29, 1.82) is 0 Å². The highest BCUT2D eigenvalue weighted by atomic mass is 35.5. The topological polar surface area (TPSA) is 71.3 Å². The summed E-state index contributed by atoms with van der Waals surface area (Å²) in [7, 11) is 0. The largest absolute Gasteiger partial charge is 0.336 e. The zero-order valence-electron chi connectivity index (χ0n) is 13.0. The summed E-state index contributed by atoms with van der Waals surface area (Å²) in [5.41, 5.74) is 1.94. The molecule has 22 heavy (non-hydrogen) atoms. The molecule has 6 nitrogen and oxygen atoms in total. The molecule has 1 fully saturated rings. The quantitative estimate of drug-likeness (QED) is 0.917. The van der Waals surface area contributed by atoms with Crippen molar-refractivity contribution in [1.82, 2.24) is 20.4 Å². The number of rotatable bonds is 2. The smallest absolute Gasteiger partial charge is 0.257 e. The number of hydrogen-bond acceptors (Lipinski definition) is 5. The van der Waals surface area contributed by atoms with Gasteiger partial charge >= 0.3 is 0 Å². The van der Waals surface area contributed by atoms with E-state index in [0.717, 1.165) is 30.7 Å². The van der Waals surface area contributed by atoms with E-state index >= 15 is 0 Å². The Hall–Kier alpha value is -1.66. The van der Waals surface area contributed by atoms with E-state index in [4.69, 9.17) is 4.52 Å². The van der Waals surface area contributed by atoms with Crippen LogP contribution in [0.15, 0.2) is 16.8 Å². The van der Waals surface area contributed by atoms with E-state index in [1.54, 1.807) is 6.20 Å². The number of nitrogens with one attached hydrogen (secondary N) is 1. The minimum atomic E-state index is 0. The van der Waals surface area contributed by atoms with Crippen LogP contribution in [0.4, 0.5) is 0 Å². The number of piperazine rings is 1. The molecule has 1 aliphatic rings. The fourth-order valence-corrected chi connectivity index (χ4v) is 2.69. The maximum atomic E-state index is 12.7. The highest BCUT2D eigenvalue weighted by Crippen LogP contribution is 2.24. The number of nitrogens with zero attached hydrogens (tertiary/aromatic N) is 3. The van der Waals surface area contributed by atoms with E-state index in [9.17, 15) is 4.79 Å². The van der Waals surface area contributed by atoms with Crippen LogP contribution in [0.1, 0.15) is 42.7 Å². The molecular weight excluding hydrogens is 304 g/mol. The van der Waals surface area contributed by atoms with Crippen LogP contribution >= 0.6 is 12.4 Å². The average Bonchev–Trinajstić information content (AvgIpc) is 2.90. The van der Waals surface area contributed by atoms with Gasteiger partial charge in [0, 0.05) is 31.9 Å². The van der Waals surface area contributed by atoms with Gasteiger partial charge in [-0.05, 0) is 18.9 Å². The van der Waals surface area contributed by atoms with E-state index in [1.807, 2.05) is 24.8 Å². The van der Waals surface area contributed by atoms with Crippen molar-refractivity contribution < 1.29 is 9.32 Å². The van der Waals surface area contributed by atoms with E-state index in [0.29, 0.717) is 11.3 Å². The maximum absolute atomic E-state index is 12.7. The second kappa shape index (κ2) is 6.62. The second-order valence-corrected chi connectivity index (χ2v) is 5.85. The normalized spacial score (nSPS) is 18.5. The summed E-state index contributed by atoms with van der Waals surface area (Å²) in [4.78, 5) is 18.8. The molecule has 120 valence electrons. The monoisotopic (exact) mass is 324 g/mol. The highest BCUT2D eigenvalue weighted by Gasteiger charge is 2.25. The van der Waals surface area contributed by atoms with Gasteiger partial charge < -0.3 is 14.7 Å². The molecule has 1 saturated heterocycles. The fraction of sp³-hybridized carbons (Fsp3) is 0.533. The van der Waals surface area contributed by atoms with Gasteiger partial charge in [-0.1, -0.05) is 19.0 Å². The molecule has 0 radical (unpaired) electrons. The van der Waals surface area contributed by atoms with Gasteiger partial charge in [0.05, 0.1) is 16.6 Å². The summed E-state index contributed by atoms with van der Waals surface area (Å²) in [6.07, 6.45) is 1.58. The standard InChI is InChI=1S/C15H20N4O2.ClH/c1-9(2)13-12-6-11(8-17-14(12)21-18-13)15(20)19-5-4-16-7-10(19)3;/h6,8-10,16H,4-5,7H2,1-3H3;1H/t10-;/m1./s1. The summed E-state index contributed by atoms with van der Waals surface area (Å²) < 4.78 is 5.22. The Labute approximate surface area is 135 Å². The Balaban J connectivity index is 0.00000176. The van der Waals surface area contributed by atoms with E-state index in [1.165, 1.54) is 0 Å². The van der Waals surface area contributed by atoms with Gasteiger partial charge in [-0.15, -0.1) is 12.4 Å². The van der Waals surface area contributed by atoms with Gasteiger partial charge in [-0.25, -0.2) is 4.98 Å². The number of pyridine rings is 1. The van der Waals surface area contributed by atoms with Crippen LogP contribution in [0.5, 0.6) is 0 Å². The summed E-state index contributed by atoms with van der Waals surface area (Å²) >= 11 is 0. The first kappa shape index (κ1) is 16.7. The molecule has 3 heterocycles. The van der Waals surface area contributed by atoms with Crippen molar-refractivity contribution in [2.75, 3.05) is 19.6 Å². The molecule has 0 bridgehead atoms. The van der Waals surface area contributed by atoms with E-state index in [-0.39, 0.29) is 30.3 Å². The Morgan fingerprint density at radius 3 is 2.95 bits per heavy atom. The van der Waals surface area contributed by atoms with Crippen LogP contribution in [0.25, 0.3) is 11.1 Å². The third-order valence-corrected chi connectivity index (χ3v) is 3.91. The molecule has 2 aromatic heterocycles. The summed E-state index contributed by atoms with van der Waals surface area (Å²) in [5.74, 6) is 0.255. The Bertz CT molecular complexity index is 671. The minimum Gasteiger partial charge on any atom is -0.336 e. The third kappa shape index (κ3) is 2.94. The molecule has 0 unspecified atom stereocenters. The summed E-state index contributed by atoms with van der Waals surface area (Å²) in [6.45, 7) is 8.52.